The first-order valence-electron chi connectivity index (χ1n) is 10.6. The van der Waals surface area contributed by atoms with Crippen molar-refractivity contribution in [2.45, 2.75) is 55.9 Å². The van der Waals surface area contributed by atoms with Crippen molar-refractivity contribution in [1.82, 2.24) is 4.72 Å². The number of hydrogen-bond donors (Lipinski definition) is 3. The zero-order valence-corrected chi connectivity index (χ0v) is 19.2. The van der Waals surface area contributed by atoms with Gasteiger partial charge in [-0.1, -0.05) is 55.8 Å². The van der Waals surface area contributed by atoms with Crippen LogP contribution in [-0.4, -0.2) is 31.4 Å². The molecule has 3 rings (SSSR count). The van der Waals surface area contributed by atoms with E-state index in [1.54, 1.807) is 24.3 Å². The molecule has 1 amide bonds. The van der Waals surface area contributed by atoms with Crippen LogP contribution in [0, 0.1) is 5.92 Å². The first-order valence-corrected chi connectivity index (χ1v) is 12.5. The van der Waals surface area contributed by atoms with Gasteiger partial charge in [0, 0.05) is 10.7 Å². The van der Waals surface area contributed by atoms with Crippen LogP contribution in [0.4, 0.5) is 5.69 Å². The Morgan fingerprint density at radius 2 is 1.62 bits per heavy atom. The molecule has 32 heavy (non-hydrogen) atoms. The molecule has 9 heteroatoms. The number of carboxylic acid groups (broad SMARTS) is 1. The summed E-state index contributed by atoms with van der Waals surface area (Å²) in [6.45, 7) is 0. The maximum atomic E-state index is 13.1. The van der Waals surface area contributed by atoms with Gasteiger partial charge < -0.3 is 10.4 Å². The molecular weight excluding hydrogens is 452 g/mol. The summed E-state index contributed by atoms with van der Waals surface area (Å²) in [6.07, 6.45) is 5.55. The molecule has 0 unspecified atom stereocenters. The monoisotopic (exact) mass is 478 g/mol. The van der Waals surface area contributed by atoms with Crippen LogP contribution >= 0.6 is 11.6 Å². The lowest BCUT2D eigenvalue weighted by molar-refractivity contribution is -0.136. The van der Waals surface area contributed by atoms with Crippen molar-refractivity contribution < 1.29 is 23.1 Å². The molecular formula is C23H27ClN2O5S. The van der Waals surface area contributed by atoms with E-state index in [1.807, 2.05) is 0 Å². The van der Waals surface area contributed by atoms with Gasteiger partial charge in [-0.2, -0.15) is 4.72 Å². The van der Waals surface area contributed by atoms with Crippen LogP contribution in [0.1, 0.15) is 44.1 Å². The highest BCUT2D eigenvalue weighted by Gasteiger charge is 2.29. The van der Waals surface area contributed by atoms with Gasteiger partial charge in [-0.3, -0.25) is 9.59 Å². The summed E-state index contributed by atoms with van der Waals surface area (Å²) in [5.41, 5.74) is 1.08. The Hall–Kier alpha value is -2.42. The molecule has 0 heterocycles. The quantitative estimate of drug-likeness (QED) is 0.499. The first-order chi connectivity index (χ1) is 15.2. The molecule has 0 bridgehead atoms. The Morgan fingerprint density at radius 3 is 2.22 bits per heavy atom. The first kappa shape index (κ1) is 24.2. The normalized spacial score (nSPS) is 15.8. The standard InChI is InChI=1S/C23H27ClN2O5S/c24-18-8-12-20(13-9-18)32(30,31)26-21(14-16-4-2-1-3-5-16)23(29)25-19-10-6-17(7-11-19)15-22(27)28/h6-13,16,21,26H,1-5,14-15H2,(H,25,29)(H,27,28)/t21-/m0/s1. The summed E-state index contributed by atoms with van der Waals surface area (Å²) >= 11 is 5.86. The van der Waals surface area contributed by atoms with Crippen molar-refractivity contribution in [2.75, 3.05) is 5.32 Å². The van der Waals surface area contributed by atoms with Crippen LogP contribution in [-0.2, 0) is 26.0 Å². The van der Waals surface area contributed by atoms with E-state index < -0.39 is 27.9 Å². The van der Waals surface area contributed by atoms with E-state index in [0.717, 1.165) is 32.1 Å². The van der Waals surface area contributed by atoms with E-state index in [2.05, 4.69) is 10.0 Å². The van der Waals surface area contributed by atoms with E-state index in [0.29, 0.717) is 22.7 Å². The number of carboxylic acids is 1. The molecule has 0 aromatic heterocycles. The molecule has 1 atom stereocenters. The van der Waals surface area contributed by atoms with Crippen molar-refractivity contribution in [2.24, 2.45) is 5.92 Å². The summed E-state index contributed by atoms with van der Waals surface area (Å²) in [7, 11) is -3.92. The number of nitrogens with one attached hydrogen (secondary N) is 2. The fraction of sp³-hybridized carbons (Fsp3) is 0.391. The highest BCUT2D eigenvalue weighted by Crippen LogP contribution is 2.28. The van der Waals surface area contributed by atoms with Crippen molar-refractivity contribution in [3.63, 3.8) is 0 Å². The SMILES string of the molecule is O=C(O)Cc1ccc(NC(=O)[C@H](CC2CCCCC2)NS(=O)(=O)c2ccc(Cl)cc2)cc1. The van der Waals surface area contributed by atoms with E-state index in [9.17, 15) is 18.0 Å². The number of carbonyl (C=O) groups excluding carboxylic acids is 1. The zero-order chi connectivity index (χ0) is 23.1. The lowest BCUT2D eigenvalue weighted by Gasteiger charge is -2.26. The highest BCUT2D eigenvalue weighted by atomic mass is 35.5. The Morgan fingerprint density at radius 1 is 1.00 bits per heavy atom. The Balaban J connectivity index is 1.75. The summed E-state index contributed by atoms with van der Waals surface area (Å²) in [6, 6.07) is 11.3. The molecule has 1 fully saturated rings. The number of carbonyl (C=O) groups is 2. The number of benzene rings is 2. The second-order valence-electron chi connectivity index (χ2n) is 8.12. The predicted octanol–water partition coefficient (Wildman–Crippen LogP) is 4.22. The average molecular weight is 479 g/mol. The van der Waals surface area contributed by atoms with Gasteiger partial charge >= 0.3 is 5.97 Å². The molecule has 2 aromatic rings. The van der Waals surface area contributed by atoms with Gasteiger partial charge in [-0.05, 0) is 54.3 Å². The Bertz CT molecular complexity index is 1030. The lowest BCUT2D eigenvalue weighted by Crippen LogP contribution is -2.45. The zero-order valence-electron chi connectivity index (χ0n) is 17.6. The van der Waals surface area contributed by atoms with Crippen LogP contribution in [0.25, 0.3) is 0 Å². The van der Waals surface area contributed by atoms with Gasteiger partial charge in [0.2, 0.25) is 15.9 Å². The summed E-state index contributed by atoms with van der Waals surface area (Å²) in [4.78, 5) is 23.9. The third-order valence-electron chi connectivity index (χ3n) is 5.61. The van der Waals surface area contributed by atoms with E-state index in [1.165, 1.54) is 24.3 Å². The molecule has 0 radical (unpaired) electrons. The number of amides is 1. The minimum absolute atomic E-state index is 0.0429. The van der Waals surface area contributed by atoms with Crippen LogP contribution < -0.4 is 10.0 Å². The lowest BCUT2D eigenvalue weighted by atomic mass is 9.85. The molecule has 172 valence electrons. The van der Waals surface area contributed by atoms with Gasteiger partial charge in [-0.15, -0.1) is 0 Å². The minimum atomic E-state index is -3.92. The second kappa shape index (κ2) is 10.9. The molecule has 0 spiro atoms. The number of sulfonamides is 1. The van der Waals surface area contributed by atoms with E-state index >= 15 is 0 Å². The summed E-state index contributed by atoms with van der Waals surface area (Å²) in [5, 5.41) is 12.1. The van der Waals surface area contributed by atoms with Crippen LogP contribution in [0.3, 0.4) is 0 Å². The number of halogens is 1. The van der Waals surface area contributed by atoms with Crippen LogP contribution in [0.2, 0.25) is 5.02 Å². The van der Waals surface area contributed by atoms with E-state index in [4.69, 9.17) is 16.7 Å². The molecule has 0 saturated heterocycles. The molecule has 7 nitrogen and oxygen atoms in total. The number of hydrogen-bond acceptors (Lipinski definition) is 4. The molecule has 0 aliphatic heterocycles. The second-order valence-corrected chi connectivity index (χ2v) is 10.3. The van der Waals surface area contributed by atoms with Gasteiger partial charge in [0.15, 0.2) is 0 Å². The van der Waals surface area contributed by atoms with Crippen molar-refractivity contribution in [1.29, 1.82) is 0 Å². The van der Waals surface area contributed by atoms with Gasteiger partial charge in [0.1, 0.15) is 6.04 Å². The third kappa shape index (κ3) is 7.05. The average Bonchev–Trinajstić information content (AvgIpc) is 2.75. The maximum Gasteiger partial charge on any atom is 0.307 e. The summed E-state index contributed by atoms with van der Waals surface area (Å²) in [5.74, 6) is -1.12. The largest absolute Gasteiger partial charge is 0.481 e. The van der Waals surface area contributed by atoms with Crippen molar-refractivity contribution in [3.8, 4) is 0 Å². The summed E-state index contributed by atoms with van der Waals surface area (Å²) < 4.78 is 28.4. The molecule has 3 N–H and O–H groups in total. The van der Waals surface area contributed by atoms with Crippen molar-refractivity contribution in [3.05, 3.63) is 59.1 Å². The number of aliphatic carboxylic acids is 1. The van der Waals surface area contributed by atoms with E-state index in [-0.39, 0.29) is 17.2 Å². The molecule has 1 saturated carbocycles. The fourth-order valence-electron chi connectivity index (χ4n) is 3.94. The Kier molecular flexibility index (Phi) is 8.28. The highest BCUT2D eigenvalue weighted by molar-refractivity contribution is 7.89. The molecule has 1 aliphatic rings. The van der Waals surface area contributed by atoms with Crippen LogP contribution in [0.5, 0.6) is 0 Å². The van der Waals surface area contributed by atoms with Crippen LogP contribution in [0.15, 0.2) is 53.4 Å². The Labute approximate surface area is 193 Å². The number of anilines is 1. The smallest absolute Gasteiger partial charge is 0.307 e. The van der Waals surface area contributed by atoms with Gasteiger partial charge in [-0.25, -0.2) is 8.42 Å². The topological polar surface area (TPSA) is 113 Å². The third-order valence-corrected chi connectivity index (χ3v) is 7.35. The molecule has 1 aliphatic carbocycles. The van der Waals surface area contributed by atoms with Gasteiger partial charge in [0.05, 0.1) is 11.3 Å². The fourth-order valence-corrected chi connectivity index (χ4v) is 5.28. The van der Waals surface area contributed by atoms with Crippen molar-refractivity contribution >= 4 is 39.2 Å². The number of rotatable bonds is 9. The van der Waals surface area contributed by atoms with Gasteiger partial charge in [0.25, 0.3) is 0 Å². The molecule has 2 aromatic carbocycles. The maximum absolute atomic E-state index is 13.1. The predicted molar refractivity (Wildman–Crippen MR) is 123 cm³/mol. The minimum Gasteiger partial charge on any atom is -0.481 e.